The quantitative estimate of drug-likeness (QED) is 0.889. The minimum Gasteiger partial charge on any atom is -0.481 e. The summed E-state index contributed by atoms with van der Waals surface area (Å²) in [5.74, 6) is -0.948. The molecule has 1 N–H and O–H groups in total. The van der Waals surface area contributed by atoms with Gasteiger partial charge in [0.25, 0.3) is 5.91 Å². The normalized spacial score (nSPS) is 23.4. The lowest BCUT2D eigenvalue weighted by molar-refractivity contribution is -0.152. The van der Waals surface area contributed by atoms with E-state index in [2.05, 4.69) is 5.10 Å². The van der Waals surface area contributed by atoms with E-state index in [0.29, 0.717) is 25.1 Å². The molecule has 1 saturated heterocycles. The second kappa shape index (κ2) is 5.03. The average Bonchev–Trinajstić information content (AvgIpc) is 2.84. The molecular formula is C13H19N3O3. The molecule has 0 bridgehead atoms. The lowest BCUT2D eigenvalue weighted by atomic mass is 9.77. The maximum atomic E-state index is 12.4. The standard InChI is InChI=1S/C13H19N3O3/c1-3-13(12(18)19)6-4-8-16(9-13)11(17)10-5-7-14-15(10)2/h5,7H,3-4,6,8-9H2,1-2H3,(H,18,19). The van der Waals surface area contributed by atoms with Crippen molar-refractivity contribution in [1.29, 1.82) is 0 Å². The number of amides is 1. The molecule has 1 atom stereocenters. The van der Waals surface area contributed by atoms with Crippen molar-refractivity contribution in [3.63, 3.8) is 0 Å². The van der Waals surface area contributed by atoms with E-state index in [1.165, 1.54) is 4.68 Å². The van der Waals surface area contributed by atoms with E-state index >= 15 is 0 Å². The van der Waals surface area contributed by atoms with Gasteiger partial charge in [-0.15, -0.1) is 0 Å². The number of aliphatic carboxylic acids is 1. The van der Waals surface area contributed by atoms with Gasteiger partial charge in [-0.25, -0.2) is 0 Å². The summed E-state index contributed by atoms with van der Waals surface area (Å²) in [6.07, 6.45) is 3.47. The number of rotatable bonds is 3. The predicted octanol–water partition coefficient (Wildman–Crippen LogP) is 1.14. The minimum atomic E-state index is -0.808. The molecule has 1 aliphatic heterocycles. The highest BCUT2D eigenvalue weighted by Gasteiger charge is 2.42. The zero-order valence-electron chi connectivity index (χ0n) is 11.3. The highest BCUT2D eigenvalue weighted by molar-refractivity contribution is 5.93. The molecular weight excluding hydrogens is 246 g/mol. The molecule has 1 aromatic heterocycles. The van der Waals surface area contributed by atoms with Crippen LogP contribution in [0.2, 0.25) is 0 Å². The molecule has 1 unspecified atom stereocenters. The summed E-state index contributed by atoms with van der Waals surface area (Å²) >= 11 is 0. The summed E-state index contributed by atoms with van der Waals surface area (Å²) in [7, 11) is 1.71. The Morgan fingerprint density at radius 1 is 1.53 bits per heavy atom. The molecule has 0 radical (unpaired) electrons. The van der Waals surface area contributed by atoms with Crippen LogP contribution in [0.15, 0.2) is 12.3 Å². The van der Waals surface area contributed by atoms with Crippen LogP contribution in [0.25, 0.3) is 0 Å². The molecule has 0 aromatic carbocycles. The van der Waals surface area contributed by atoms with Crippen molar-refractivity contribution in [1.82, 2.24) is 14.7 Å². The molecule has 0 spiro atoms. The summed E-state index contributed by atoms with van der Waals surface area (Å²) in [6.45, 7) is 2.76. The molecule has 0 saturated carbocycles. The lowest BCUT2D eigenvalue weighted by Crippen LogP contribution is -2.50. The topological polar surface area (TPSA) is 75.4 Å². The zero-order chi connectivity index (χ0) is 14.0. The number of aromatic nitrogens is 2. The second-order valence-electron chi connectivity index (χ2n) is 5.11. The Balaban J connectivity index is 2.20. The number of carboxylic acids is 1. The third kappa shape index (κ3) is 2.34. The first-order valence-electron chi connectivity index (χ1n) is 6.51. The SMILES string of the molecule is CCC1(C(=O)O)CCCN(C(=O)c2ccnn2C)C1. The lowest BCUT2D eigenvalue weighted by Gasteiger charge is -2.39. The Hall–Kier alpha value is -1.85. The van der Waals surface area contributed by atoms with Crippen LogP contribution in [0.1, 0.15) is 36.7 Å². The molecule has 6 heteroatoms. The summed E-state index contributed by atoms with van der Waals surface area (Å²) in [5.41, 5.74) is -0.302. The third-order valence-electron chi connectivity index (χ3n) is 4.03. The summed E-state index contributed by atoms with van der Waals surface area (Å²) in [6, 6.07) is 1.66. The second-order valence-corrected chi connectivity index (χ2v) is 5.11. The average molecular weight is 265 g/mol. The molecule has 1 fully saturated rings. The van der Waals surface area contributed by atoms with Gasteiger partial charge >= 0.3 is 5.97 Å². The number of hydrogen-bond donors (Lipinski definition) is 1. The number of nitrogens with zero attached hydrogens (tertiary/aromatic N) is 3. The van der Waals surface area contributed by atoms with Crippen LogP contribution >= 0.6 is 0 Å². The van der Waals surface area contributed by atoms with Crippen LogP contribution in [0, 0.1) is 5.41 Å². The van der Waals surface area contributed by atoms with E-state index in [-0.39, 0.29) is 12.5 Å². The highest BCUT2D eigenvalue weighted by atomic mass is 16.4. The van der Waals surface area contributed by atoms with Crippen LogP contribution in [0.3, 0.4) is 0 Å². The fourth-order valence-electron chi connectivity index (χ4n) is 2.67. The van der Waals surface area contributed by atoms with E-state index in [4.69, 9.17) is 0 Å². The number of likely N-dealkylation sites (tertiary alicyclic amines) is 1. The van der Waals surface area contributed by atoms with Crippen molar-refractivity contribution in [2.24, 2.45) is 12.5 Å². The van der Waals surface area contributed by atoms with Crippen LogP contribution in [0.4, 0.5) is 0 Å². The molecule has 104 valence electrons. The monoisotopic (exact) mass is 265 g/mol. The number of piperidine rings is 1. The Kier molecular flexibility index (Phi) is 3.59. The van der Waals surface area contributed by atoms with Crippen LogP contribution in [-0.4, -0.2) is 44.8 Å². The predicted molar refractivity (Wildman–Crippen MR) is 68.7 cm³/mol. The summed E-state index contributed by atoms with van der Waals surface area (Å²) in [5, 5.41) is 13.4. The van der Waals surface area contributed by atoms with Gasteiger partial charge in [0.2, 0.25) is 0 Å². The van der Waals surface area contributed by atoms with E-state index in [1.54, 1.807) is 24.2 Å². The van der Waals surface area contributed by atoms with E-state index in [0.717, 1.165) is 6.42 Å². The Morgan fingerprint density at radius 3 is 2.79 bits per heavy atom. The first-order valence-corrected chi connectivity index (χ1v) is 6.51. The van der Waals surface area contributed by atoms with E-state index < -0.39 is 11.4 Å². The Labute approximate surface area is 112 Å². The first-order chi connectivity index (χ1) is 9.00. The van der Waals surface area contributed by atoms with Crippen LogP contribution in [0.5, 0.6) is 0 Å². The van der Waals surface area contributed by atoms with Crippen molar-refractivity contribution in [2.45, 2.75) is 26.2 Å². The van der Waals surface area contributed by atoms with Crippen molar-refractivity contribution in [3.8, 4) is 0 Å². The van der Waals surface area contributed by atoms with Gasteiger partial charge in [0.05, 0.1) is 5.41 Å². The van der Waals surface area contributed by atoms with E-state index in [9.17, 15) is 14.7 Å². The number of hydrogen-bond acceptors (Lipinski definition) is 3. The fraction of sp³-hybridized carbons (Fsp3) is 0.615. The van der Waals surface area contributed by atoms with Gasteiger partial charge in [-0.2, -0.15) is 5.10 Å². The molecule has 2 heterocycles. The van der Waals surface area contributed by atoms with Gasteiger partial charge in [-0.05, 0) is 25.3 Å². The van der Waals surface area contributed by atoms with Crippen molar-refractivity contribution < 1.29 is 14.7 Å². The number of carboxylic acid groups (broad SMARTS) is 1. The Bertz CT molecular complexity index is 497. The molecule has 1 amide bonds. The van der Waals surface area contributed by atoms with Crippen molar-refractivity contribution >= 4 is 11.9 Å². The van der Waals surface area contributed by atoms with Gasteiger partial charge in [-0.1, -0.05) is 6.92 Å². The highest BCUT2D eigenvalue weighted by Crippen LogP contribution is 2.34. The molecule has 0 aliphatic carbocycles. The maximum Gasteiger partial charge on any atom is 0.311 e. The number of aryl methyl sites for hydroxylation is 1. The molecule has 19 heavy (non-hydrogen) atoms. The summed E-state index contributed by atoms with van der Waals surface area (Å²) in [4.78, 5) is 25.5. The van der Waals surface area contributed by atoms with Gasteiger partial charge in [0, 0.05) is 26.3 Å². The van der Waals surface area contributed by atoms with Crippen LogP contribution < -0.4 is 0 Å². The number of carbonyl (C=O) groups is 2. The molecule has 6 nitrogen and oxygen atoms in total. The maximum absolute atomic E-state index is 12.4. The Morgan fingerprint density at radius 2 is 2.26 bits per heavy atom. The zero-order valence-corrected chi connectivity index (χ0v) is 11.3. The minimum absolute atomic E-state index is 0.140. The van der Waals surface area contributed by atoms with Gasteiger partial charge in [0.15, 0.2) is 0 Å². The van der Waals surface area contributed by atoms with Gasteiger partial charge in [0.1, 0.15) is 5.69 Å². The van der Waals surface area contributed by atoms with Crippen molar-refractivity contribution in [3.05, 3.63) is 18.0 Å². The molecule has 2 rings (SSSR count). The largest absolute Gasteiger partial charge is 0.481 e. The summed E-state index contributed by atoms with van der Waals surface area (Å²) < 4.78 is 1.52. The number of carbonyl (C=O) groups excluding carboxylic acids is 1. The first kappa shape index (κ1) is 13.6. The fourth-order valence-corrected chi connectivity index (χ4v) is 2.67. The molecule has 1 aromatic rings. The van der Waals surface area contributed by atoms with Gasteiger partial charge < -0.3 is 10.0 Å². The molecule has 1 aliphatic rings. The van der Waals surface area contributed by atoms with Gasteiger partial charge in [-0.3, -0.25) is 14.3 Å². The van der Waals surface area contributed by atoms with E-state index in [1.807, 2.05) is 6.92 Å². The van der Waals surface area contributed by atoms with Crippen LogP contribution in [-0.2, 0) is 11.8 Å². The third-order valence-corrected chi connectivity index (χ3v) is 4.03. The van der Waals surface area contributed by atoms with Crippen molar-refractivity contribution in [2.75, 3.05) is 13.1 Å². The smallest absolute Gasteiger partial charge is 0.311 e.